The van der Waals surface area contributed by atoms with E-state index in [9.17, 15) is 4.79 Å². The molecule has 1 aliphatic heterocycles. The van der Waals surface area contributed by atoms with E-state index < -0.39 is 0 Å². The van der Waals surface area contributed by atoms with Gasteiger partial charge in [0, 0.05) is 18.4 Å². The lowest BCUT2D eigenvalue weighted by Crippen LogP contribution is -2.42. The minimum Gasteiger partial charge on any atom is -0.367 e. The molecule has 0 bridgehead atoms. The largest absolute Gasteiger partial charge is 0.367 e. The van der Waals surface area contributed by atoms with Crippen LogP contribution in [0.4, 0.5) is 0 Å². The van der Waals surface area contributed by atoms with Crippen LogP contribution in [-0.4, -0.2) is 36.9 Å². The van der Waals surface area contributed by atoms with Crippen molar-refractivity contribution in [2.24, 2.45) is 0 Å². The van der Waals surface area contributed by atoms with Gasteiger partial charge in [-0.05, 0) is 6.08 Å². The number of ketones is 1. The number of alkyl halides is 1. The average molecular weight is 234 g/mol. The van der Waals surface area contributed by atoms with Crippen LogP contribution in [0.3, 0.4) is 0 Å². The number of allylic oxidation sites excluding steroid dienone is 1. The Morgan fingerprint density at radius 1 is 1.75 bits per heavy atom. The lowest BCUT2D eigenvalue weighted by molar-refractivity contribution is -0.126. The first-order valence-corrected chi connectivity index (χ1v) is 5.05. The molecule has 1 N–H and O–H groups in total. The van der Waals surface area contributed by atoms with Crippen LogP contribution in [0.25, 0.3) is 0 Å². The van der Waals surface area contributed by atoms with Gasteiger partial charge in [-0.25, -0.2) is 0 Å². The predicted octanol–water partition coefficient (Wildman–Crippen LogP) is 0.495. The van der Waals surface area contributed by atoms with Crippen molar-refractivity contribution in [3.8, 4) is 0 Å². The second-order valence-corrected chi connectivity index (χ2v) is 3.17. The molecular formula is C8H12BrNO2. The Kier molecular flexibility index (Phi) is 4.50. The number of carbonyl (C=O) groups excluding carboxylic acids is 1. The van der Waals surface area contributed by atoms with Crippen LogP contribution >= 0.6 is 15.9 Å². The first kappa shape index (κ1) is 9.89. The fourth-order valence-corrected chi connectivity index (χ4v) is 1.20. The van der Waals surface area contributed by atoms with Gasteiger partial charge in [0.2, 0.25) is 0 Å². The Hall–Kier alpha value is -0.190. The maximum absolute atomic E-state index is 11.3. The van der Waals surface area contributed by atoms with E-state index >= 15 is 0 Å². The third kappa shape index (κ3) is 3.05. The molecule has 68 valence electrons. The second-order valence-electron chi connectivity index (χ2n) is 2.52. The molecule has 0 aromatic carbocycles. The van der Waals surface area contributed by atoms with E-state index in [-0.39, 0.29) is 11.9 Å². The smallest absolute Gasteiger partial charge is 0.185 e. The molecule has 4 heteroatoms. The minimum atomic E-state index is -0.283. The molecule has 1 aliphatic rings. The number of ether oxygens (including phenoxy) is 1. The van der Waals surface area contributed by atoms with E-state index in [4.69, 9.17) is 4.74 Å². The average Bonchev–Trinajstić information content (AvgIpc) is 2.15. The van der Waals surface area contributed by atoms with Gasteiger partial charge >= 0.3 is 0 Å². The molecule has 0 radical (unpaired) electrons. The zero-order chi connectivity index (χ0) is 8.81. The van der Waals surface area contributed by atoms with Crippen LogP contribution in [-0.2, 0) is 9.53 Å². The molecule has 12 heavy (non-hydrogen) atoms. The Balaban J connectivity index is 2.34. The molecular weight excluding hydrogens is 222 g/mol. The van der Waals surface area contributed by atoms with Gasteiger partial charge in [0.05, 0.1) is 6.61 Å². The van der Waals surface area contributed by atoms with Crippen LogP contribution < -0.4 is 5.32 Å². The zero-order valence-electron chi connectivity index (χ0n) is 6.75. The first-order chi connectivity index (χ1) is 5.84. The van der Waals surface area contributed by atoms with Gasteiger partial charge in [-0.1, -0.05) is 22.0 Å². The van der Waals surface area contributed by atoms with Crippen LogP contribution in [0, 0.1) is 0 Å². The van der Waals surface area contributed by atoms with Crippen molar-refractivity contribution >= 4 is 21.7 Å². The van der Waals surface area contributed by atoms with E-state index in [2.05, 4.69) is 21.2 Å². The molecule has 1 saturated heterocycles. The molecule has 0 aromatic heterocycles. The molecule has 1 rings (SSSR count). The van der Waals surface area contributed by atoms with Crippen molar-refractivity contribution in [3.63, 3.8) is 0 Å². The quantitative estimate of drug-likeness (QED) is 0.570. The summed E-state index contributed by atoms with van der Waals surface area (Å²) in [4.78, 5) is 11.3. The molecule has 0 aliphatic carbocycles. The van der Waals surface area contributed by atoms with Crippen molar-refractivity contribution in [2.45, 2.75) is 6.10 Å². The Labute approximate surface area is 80.3 Å². The highest BCUT2D eigenvalue weighted by atomic mass is 79.9. The first-order valence-electron chi connectivity index (χ1n) is 3.93. The summed E-state index contributed by atoms with van der Waals surface area (Å²) in [5, 5.41) is 3.81. The van der Waals surface area contributed by atoms with Crippen LogP contribution in [0.2, 0.25) is 0 Å². The van der Waals surface area contributed by atoms with Crippen LogP contribution in [0.1, 0.15) is 0 Å². The molecule has 0 aromatic rings. The highest BCUT2D eigenvalue weighted by Gasteiger charge is 2.18. The standard InChI is InChI=1S/C8H12BrNO2/c9-3-1-2-7(11)8-6-10-4-5-12-8/h1-2,8,10H,3-6H2/b2-1+. The van der Waals surface area contributed by atoms with Crippen molar-refractivity contribution in [1.29, 1.82) is 0 Å². The number of rotatable bonds is 3. The number of nitrogens with one attached hydrogen (secondary N) is 1. The normalized spacial score (nSPS) is 24.6. The van der Waals surface area contributed by atoms with Gasteiger partial charge in [0.25, 0.3) is 0 Å². The summed E-state index contributed by atoms with van der Waals surface area (Å²) in [5.74, 6) is 0.0432. The minimum absolute atomic E-state index is 0.0432. The summed E-state index contributed by atoms with van der Waals surface area (Å²) in [7, 11) is 0. The third-order valence-electron chi connectivity index (χ3n) is 1.62. The third-order valence-corrected chi connectivity index (χ3v) is 1.99. The van der Waals surface area contributed by atoms with Crippen molar-refractivity contribution in [2.75, 3.05) is 25.0 Å². The number of carbonyl (C=O) groups is 1. The zero-order valence-corrected chi connectivity index (χ0v) is 8.34. The summed E-state index contributed by atoms with van der Waals surface area (Å²) >= 11 is 3.21. The van der Waals surface area contributed by atoms with Crippen LogP contribution in [0.15, 0.2) is 12.2 Å². The topological polar surface area (TPSA) is 38.3 Å². The SMILES string of the molecule is O=C(/C=C/CBr)C1CNCCO1. The van der Waals surface area contributed by atoms with Gasteiger partial charge < -0.3 is 10.1 Å². The highest BCUT2D eigenvalue weighted by molar-refractivity contribution is 9.09. The summed E-state index contributed by atoms with van der Waals surface area (Å²) in [6, 6.07) is 0. The number of halogens is 1. The molecule has 3 nitrogen and oxygen atoms in total. The van der Waals surface area contributed by atoms with Gasteiger partial charge in [-0.2, -0.15) is 0 Å². The van der Waals surface area contributed by atoms with E-state index in [1.54, 1.807) is 12.2 Å². The summed E-state index contributed by atoms with van der Waals surface area (Å²) < 4.78 is 5.26. The van der Waals surface area contributed by atoms with Gasteiger partial charge in [0.15, 0.2) is 5.78 Å². The molecule has 0 spiro atoms. The molecule has 1 heterocycles. The van der Waals surface area contributed by atoms with Crippen molar-refractivity contribution < 1.29 is 9.53 Å². The van der Waals surface area contributed by atoms with E-state index in [1.165, 1.54) is 0 Å². The predicted molar refractivity (Wildman–Crippen MR) is 50.6 cm³/mol. The van der Waals surface area contributed by atoms with E-state index in [1.807, 2.05) is 0 Å². The van der Waals surface area contributed by atoms with Gasteiger partial charge in [0.1, 0.15) is 6.10 Å². The molecule has 1 fully saturated rings. The summed E-state index contributed by atoms with van der Waals surface area (Å²) in [5.41, 5.74) is 0. The van der Waals surface area contributed by atoms with Crippen molar-refractivity contribution in [1.82, 2.24) is 5.32 Å². The number of morpholine rings is 1. The van der Waals surface area contributed by atoms with Gasteiger partial charge in [-0.3, -0.25) is 4.79 Å². The molecule has 1 unspecified atom stereocenters. The van der Waals surface area contributed by atoms with E-state index in [0.717, 1.165) is 6.54 Å². The fraction of sp³-hybridized carbons (Fsp3) is 0.625. The Morgan fingerprint density at radius 2 is 2.58 bits per heavy atom. The monoisotopic (exact) mass is 233 g/mol. The molecule has 1 atom stereocenters. The lowest BCUT2D eigenvalue weighted by Gasteiger charge is -2.20. The summed E-state index contributed by atoms with van der Waals surface area (Å²) in [6.45, 7) is 2.09. The fourth-order valence-electron chi connectivity index (χ4n) is 1.02. The highest BCUT2D eigenvalue weighted by Crippen LogP contribution is 1.98. The maximum atomic E-state index is 11.3. The number of hydrogen-bond acceptors (Lipinski definition) is 3. The Morgan fingerprint density at radius 3 is 3.17 bits per heavy atom. The van der Waals surface area contributed by atoms with Crippen molar-refractivity contribution in [3.05, 3.63) is 12.2 Å². The Bertz CT molecular complexity index is 176. The number of hydrogen-bond donors (Lipinski definition) is 1. The maximum Gasteiger partial charge on any atom is 0.185 e. The van der Waals surface area contributed by atoms with E-state index in [0.29, 0.717) is 18.5 Å². The lowest BCUT2D eigenvalue weighted by atomic mass is 10.2. The molecule has 0 amide bonds. The second kappa shape index (κ2) is 5.45. The van der Waals surface area contributed by atoms with Crippen LogP contribution in [0.5, 0.6) is 0 Å². The molecule has 0 saturated carbocycles. The summed E-state index contributed by atoms with van der Waals surface area (Å²) in [6.07, 6.45) is 3.06. The van der Waals surface area contributed by atoms with Gasteiger partial charge in [-0.15, -0.1) is 0 Å².